The fraction of sp³-hybridized carbons (Fsp3) is 0.364. The molecular weight excluding hydrogens is 407 g/mol. The molecule has 1 fully saturated rings. The van der Waals surface area contributed by atoms with E-state index in [1.165, 1.54) is 12.1 Å². The molecule has 6 nitrogen and oxygen atoms in total. The van der Waals surface area contributed by atoms with Crippen molar-refractivity contribution >= 4 is 16.9 Å². The number of aryl methyl sites for hydroxylation is 1. The Bertz CT molecular complexity index is 1060. The Morgan fingerprint density at radius 3 is 2.65 bits per heavy atom. The molecular formula is C22H24F3N5O. The molecule has 1 saturated heterocycles. The van der Waals surface area contributed by atoms with Crippen molar-refractivity contribution in [3.8, 4) is 0 Å². The molecule has 31 heavy (non-hydrogen) atoms. The van der Waals surface area contributed by atoms with Gasteiger partial charge in [-0.2, -0.15) is 13.2 Å². The van der Waals surface area contributed by atoms with Crippen LogP contribution in [0.3, 0.4) is 0 Å². The average molecular weight is 431 g/mol. The van der Waals surface area contributed by atoms with Crippen LogP contribution in [-0.2, 0) is 24.6 Å². The number of aromatic nitrogens is 2. The van der Waals surface area contributed by atoms with Crippen LogP contribution < -0.4 is 10.6 Å². The lowest BCUT2D eigenvalue weighted by Crippen LogP contribution is -2.49. The first-order valence-electron chi connectivity index (χ1n) is 10.1. The summed E-state index contributed by atoms with van der Waals surface area (Å²) in [5, 5.41) is 6.17. The van der Waals surface area contributed by atoms with Crippen LogP contribution >= 0.6 is 0 Å². The molecule has 0 bridgehead atoms. The Hall–Kier alpha value is -2.91. The van der Waals surface area contributed by atoms with Gasteiger partial charge in [-0.25, -0.2) is 4.98 Å². The highest BCUT2D eigenvalue weighted by Crippen LogP contribution is 2.31. The highest BCUT2D eigenvalue weighted by Gasteiger charge is 2.31. The van der Waals surface area contributed by atoms with Crippen LogP contribution in [0.25, 0.3) is 11.0 Å². The van der Waals surface area contributed by atoms with Gasteiger partial charge in [0, 0.05) is 32.7 Å². The van der Waals surface area contributed by atoms with Crippen molar-refractivity contribution in [2.24, 2.45) is 7.05 Å². The molecule has 1 aliphatic heterocycles. The van der Waals surface area contributed by atoms with E-state index in [1.54, 1.807) is 0 Å². The second-order valence-electron chi connectivity index (χ2n) is 7.66. The molecule has 2 aromatic carbocycles. The third-order valence-corrected chi connectivity index (χ3v) is 5.65. The Labute approximate surface area is 178 Å². The van der Waals surface area contributed by atoms with Crippen LogP contribution in [0, 0.1) is 0 Å². The Morgan fingerprint density at radius 2 is 1.94 bits per heavy atom. The van der Waals surface area contributed by atoms with Crippen molar-refractivity contribution in [3.63, 3.8) is 0 Å². The Balaban J connectivity index is 1.40. The van der Waals surface area contributed by atoms with E-state index >= 15 is 0 Å². The molecule has 1 unspecified atom stereocenters. The maximum Gasteiger partial charge on any atom is 0.416 e. The van der Waals surface area contributed by atoms with Crippen molar-refractivity contribution in [1.29, 1.82) is 0 Å². The molecule has 3 aromatic rings. The molecule has 1 aliphatic rings. The van der Waals surface area contributed by atoms with Crippen molar-refractivity contribution in [1.82, 2.24) is 25.1 Å². The summed E-state index contributed by atoms with van der Waals surface area (Å²) in [6.07, 6.45) is -4.36. The fourth-order valence-electron chi connectivity index (χ4n) is 3.93. The van der Waals surface area contributed by atoms with Crippen LogP contribution in [0.1, 0.15) is 23.0 Å². The SMILES string of the molecule is Cn1c(CNC(=O)CN2CCNCC2c2ccc(C(F)(F)F)cc2)nc2ccccc21. The number of nitrogens with one attached hydrogen (secondary N) is 2. The molecule has 0 saturated carbocycles. The number of carbonyl (C=O) groups is 1. The number of nitrogens with zero attached hydrogens (tertiary/aromatic N) is 3. The van der Waals surface area contributed by atoms with Gasteiger partial charge in [0.25, 0.3) is 0 Å². The molecule has 164 valence electrons. The highest BCUT2D eigenvalue weighted by atomic mass is 19.4. The van der Waals surface area contributed by atoms with Gasteiger partial charge in [0.2, 0.25) is 5.91 Å². The molecule has 9 heteroatoms. The predicted octanol–water partition coefficient (Wildman–Crippen LogP) is 2.85. The summed E-state index contributed by atoms with van der Waals surface area (Å²) in [5.74, 6) is 0.611. The number of benzene rings is 2. The number of carbonyl (C=O) groups excluding carboxylic acids is 1. The first-order chi connectivity index (χ1) is 14.8. The Morgan fingerprint density at radius 1 is 1.19 bits per heavy atom. The van der Waals surface area contributed by atoms with Gasteiger partial charge in [0.15, 0.2) is 0 Å². The number of hydrogen-bond donors (Lipinski definition) is 2. The second kappa shape index (κ2) is 8.68. The van der Waals surface area contributed by atoms with Gasteiger partial charge < -0.3 is 15.2 Å². The molecule has 0 aliphatic carbocycles. The number of hydrogen-bond acceptors (Lipinski definition) is 4. The zero-order chi connectivity index (χ0) is 22.0. The van der Waals surface area contributed by atoms with Gasteiger partial charge in [0.1, 0.15) is 5.82 Å². The van der Waals surface area contributed by atoms with Crippen LogP contribution in [0.15, 0.2) is 48.5 Å². The minimum Gasteiger partial charge on any atom is -0.348 e. The Kier molecular flexibility index (Phi) is 5.97. The fourth-order valence-corrected chi connectivity index (χ4v) is 3.93. The van der Waals surface area contributed by atoms with E-state index in [1.807, 2.05) is 40.8 Å². The van der Waals surface area contributed by atoms with E-state index in [4.69, 9.17) is 0 Å². The van der Waals surface area contributed by atoms with Crippen molar-refractivity contribution in [3.05, 3.63) is 65.5 Å². The molecule has 2 N–H and O–H groups in total. The van der Waals surface area contributed by atoms with Crippen molar-refractivity contribution < 1.29 is 18.0 Å². The number of para-hydroxylation sites is 2. The third kappa shape index (κ3) is 4.72. The third-order valence-electron chi connectivity index (χ3n) is 5.65. The van der Waals surface area contributed by atoms with Gasteiger partial charge in [-0.15, -0.1) is 0 Å². The number of halogens is 3. The quantitative estimate of drug-likeness (QED) is 0.652. The summed E-state index contributed by atoms with van der Waals surface area (Å²) in [4.78, 5) is 19.2. The minimum atomic E-state index is -4.36. The summed E-state index contributed by atoms with van der Waals surface area (Å²) in [6, 6.07) is 12.8. The molecule has 0 radical (unpaired) electrons. The van der Waals surface area contributed by atoms with Gasteiger partial charge in [-0.05, 0) is 29.8 Å². The van der Waals surface area contributed by atoms with Crippen molar-refractivity contribution in [2.75, 3.05) is 26.2 Å². The van der Waals surface area contributed by atoms with E-state index < -0.39 is 11.7 Å². The lowest BCUT2D eigenvalue weighted by atomic mass is 10.0. The van der Waals surface area contributed by atoms with Crippen LogP contribution in [0.5, 0.6) is 0 Å². The van der Waals surface area contributed by atoms with Crippen LogP contribution in [0.4, 0.5) is 13.2 Å². The maximum absolute atomic E-state index is 12.8. The summed E-state index contributed by atoms with van der Waals surface area (Å²) in [6.45, 7) is 2.39. The lowest BCUT2D eigenvalue weighted by molar-refractivity contribution is -0.137. The van der Waals surface area contributed by atoms with E-state index in [0.29, 0.717) is 19.6 Å². The molecule has 4 rings (SSSR count). The zero-order valence-corrected chi connectivity index (χ0v) is 17.1. The molecule has 0 spiro atoms. The highest BCUT2D eigenvalue weighted by molar-refractivity contribution is 5.78. The van der Waals surface area contributed by atoms with Crippen molar-refractivity contribution in [2.45, 2.75) is 18.8 Å². The first-order valence-corrected chi connectivity index (χ1v) is 10.1. The zero-order valence-electron chi connectivity index (χ0n) is 17.1. The lowest BCUT2D eigenvalue weighted by Gasteiger charge is -2.36. The average Bonchev–Trinajstić information content (AvgIpc) is 3.08. The van der Waals surface area contributed by atoms with E-state index in [9.17, 15) is 18.0 Å². The maximum atomic E-state index is 12.8. The van der Waals surface area contributed by atoms with Gasteiger partial charge >= 0.3 is 6.18 Å². The van der Waals surface area contributed by atoms with E-state index in [2.05, 4.69) is 15.6 Å². The number of piperazine rings is 1. The summed E-state index contributed by atoms with van der Waals surface area (Å²) >= 11 is 0. The molecule has 1 amide bonds. The summed E-state index contributed by atoms with van der Waals surface area (Å²) in [5.41, 5.74) is 1.95. The first kappa shape index (κ1) is 21.3. The van der Waals surface area contributed by atoms with E-state index in [-0.39, 0.29) is 18.5 Å². The molecule has 1 aromatic heterocycles. The summed E-state index contributed by atoms with van der Waals surface area (Å²) < 4.78 is 40.5. The van der Waals surface area contributed by atoms with Crippen LogP contribution in [-0.4, -0.2) is 46.5 Å². The minimum absolute atomic E-state index is 0.147. The predicted molar refractivity (Wildman–Crippen MR) is 111 cm³/mol. The van der Waals surface area contributed by atoms with Gasteiger partial charge in [-0.1, -0.05) is 24.3 Å². The second-order valence-corrected chi connectivity index (χ2v) is 7.66. The van der Waals surface area contributed by atoms with Gasteiger partial charge in [-0.3, -0.25) is 9.69 Å². The standard InChI is InChI=1S/C22H24F3N5O/c1-29-18-5-3-2-4-17(18)28-20(29)13-27-21(31)14-30-11-10-26-12-19(30)15-6-8-16(9-7-15)22(23,24)25/h2-9,19,26H,10-14H2,1H3,(H,27,31). The van der Waals surface area contributed by atoms with E-state index in [0.717, 1.165) is 41.1 Å². The monoisotopic (exact) mass is 431 g/mol. The number of alkyl halides is 3. The molecule has 2 heterocycles. The van der Waals surface area contributed by atoms with Crippen LogP contribution in [0.2, 0.25) is 0 Å². The number of fused-ring (bicyclic) bond motifs is 1. The smallest absolute Gasteiger partial charge is 0.348 e. The van der Waals surface area contributed by atoms with Gasteiger partial charge in [0.05, 0.1) is 29.7 Å². The number of rotatable bonds is 5. The largest absolute Gasteiger partial charge is 0.416 e. The topological polar surface area (TPSA) is 62.2 Å². The number of amides is 1. The summed E-state index contributed by atoms with van der Waals surface area (Å²) in [7, 11) is 1.91. The number of imidazole rings is 1. The normalized spacial score (nSPS) is 17.7. The molecule has 1 atom stereocenters.